The van der Waals surface area contributed by atoms with Crippen LogP contribution in [0, 0.1) is 17.2 Å². The molecule has 2 N–H and O–H groups in total. The fourth-order valence-corrected chi connectivity index (χ4v) is 2.54. The van der Waals surface area contributed by atoms with Gasteiger partial charge in [-0.25, -0.2) is 4.39 Å². The zero-order chi connectivity index (χ0) is 14.5. The number of hydrogen-bond donors (Lipinski definition) is 1. The molecule has 0 aliphatic heterocycles. The molecule has 0 aromatic heterocycles. The maximum Gasteiger partial charge on any atom is 0.123 e. The van der Waals surface area contributed by atoms with Gasteiger partial charge in [-0.2, -0.15) is 0 Å². The molecule has 19 heavy (non-hydrogen) atoms. The van der Waals surface area contributed by atoms with Crippen molar-refractivity contribution >= 4 is 0 Å². The van der Waals surface area contributed by atoms with Crippen molar-refractivity contribution in [1.29, 1.82) is 0 Å². The molecule has 0 aliphatic carbocycles. The second kappa shape index (κ2) is 7.01. The van der Waals surface area contributed by atoms with Gasteiger partial charge in [0, 0.05) is 13.1 Å². The van der Waals surface area contributed by atoms with Gasteiger partial charge in [0.15, 0.2) is 0 Å². The highest BCUT2D eigenvalue weighted by Gasteiger charge is 2.19. The van der Waals surface area contributed by atoms with Crippen LogP contribution >= 0.6 is 0 Å². The summed E-state index contributed by atoms with van der Waals surface area (Å²) in [5, 5.41) is 0. The lowest BCUT2D eigenvalue weighted by molar-refractivity contribution is 0.216. The van der Waals surface area contributed by atoms with Crippen LogP contribution in [0.5, 0.6) is 0 Å². The monoisotopic (exact) mass is 266 g/mol. The molecule has 1 aromatic carbocycles. The van der Waals surface area contributed by atoms with E-state index in [1.807, 2.05) is 6.07 Å². The minimum absolute atomic E-state index is 0.170. The van der Waals surface area contributed by atoms with Crippen LogP contribution in [-0.4, -0.2) is 25.0 Å². The molecule has 0 saturated carbocycles. The van der Waals surface area contributed by atoms with Crippen molar-refractivity contribution in [1.82, 2.24) is 4.90 Å². The molecule has 1 atom stereocenters. The van der Waals surface area contributed by atoms with Gasteiger partial charge in [0.05, 0.1) is 0 Å². The molecule has 0 heterocycles. The Labute approximate surface area is 116 Å². The Kier molecular flexibility index (Phi) is 5.95. The number of benzene rings is 1. The predicted octanol–water partition coefficient (Wildman–Crippen LogP) is 3.27. The second-order valence-electron chi connectivity index (χ2n) is 6.69. The molecule has 3 heteroatoms. The van der Waals surface area contributed by atoms with Crippen molar-refractivity contribution in [2.45, 2.75) is 33.7 Å². The highest BCUT2D eigenvalue weighted by molar-refractivity contribution is 5.16. The van der Waals surface area contributed by atoms with Crippen molar-refractivity contribution in [3.63, 3.8) is 0 Å². The fraction of sp³-hybridized carbons (Fsp3) is 0.625. The Bertz CT molecular complexity index is 385. The molecule has 0 aliphatic rings. The Balaban J connectivity index is 2.51. The molecule has 1 aromatic rings. The van der Waals surface area contributed by atoms with Crippen molar-refractivity contribution in [2.75, 3.05) is 20.1 Å². The number of hydrogen-bond acceptors (Lipinski definition) is 2. The van der Waals surface area contributed by atoms with Gasteiger partial charge in [-0.15, -0.1) is 0 Å². The molecule has 0 spiro atoms. The first-order valence-electron chi connectivity index (χ1n) is 6.93. The molecule has 2 nitrogen and oxygen atoms in total. The summed E-state index contributed by atoms with van der Waals surface area (Å²) in [6.07, 6.45) is 1.11. The van der Waals surface area contributed by atoms with Gasteiger partial charge in [-0.3, -0.25) is 0 Å². The second-order valence-corrected chi connectivity index (χ2v) is 6.69. The average Bonchev–Trinajstić information content (AvgIpc) is 2.26. The lowest BCUT2D eigenvalue weighted by Gasteiger charge is -2.28. The topological polar surface area (TPSA) is 29.3 Å². The number of halogens is 1. The van der Waals surface area contributed by atoms with Gasteiger partial charge in [0.25, 0.3) is 0 Å². The standard InChI is InChI=1S/C16H27FN2/c1-16(2,3)9-14(10-18)12-19(4)11-13-6-5-7-15(17)8-13/h5-8,14H,9-12,18H2,1-4H3. The van der Waals surface area contributed by atoms with Crippen molar-refractivity contribution in [2.24, 2.45) is 17.1 Å². The average molecular weight is 266 g/mol. The van der Waals surface area contributed by atoms with E-state index in [1.54, 1.807) is 12.1 Å². The normalized spacial score (nSPS) is 13.8. The molecule has 0 radical (unpaired) electrons. The summed E-state index contributed by atoms with van der Waals surface area (Å²) in [6.45, 7) is 9.13. The molecule has 1 unspecified atom stereocenters. The summed E-state index contributed by atoms with van der Waals surface area (Å²) in [5.41, 5.74) is 7.16. The number of nitrogens with two attached hydrogens (primary N) is 1. The van der Waals surface area contributed by atoms with Gasteiger partial charge >= 0.3 is 0 Å². The third-order valence-corrected chi connectivity index (χ3v) is 3.15. The lowest BCUT2D eigenvalue weighted by atomic mass is 9.84. The van der Waals surface area contributed by atoms with E-state index in [1.165, 1.54) is 6.07 Å². The summed E-state index contributed by atoms with van der Waals surface area (Å²) in [4.78, 5) is 2.22. The first-order valence-corrected chi connectivity index (χ1v) is 6.93. The van der Waals surface area contributed by atoms with E-state index in [0.717, 1.165) is 25.1 Å². The summed E-state index contributed by atoms with van der Waals surface area (Å²) in [5.74, 6) is 0.314. The third kappa shape index (κ3) is 6.69. The number of nitrogens with zero attached hydrogens (tertiary/aromatic N) is 1. The molecule has 0 bridgehead atoms. The van der Waals surface area contributed by atoms with E-state index >= 15 is 0 Å². The van der Waals surface area contributed by atoms with Crippen LogP contribution in [0.2, 0.25) is 0 Å². The molecular formula is C16H27FN2. The highest BCUT2D eigenvalue weighted by Crippen LogP contribution is 2.24. The molecule has 0 saturated heterocycles. The molecule has 0 amide bonds. The SMILES string of the molecule is CN(Cc1cccc(F)c1)CC(CN)CC(C)(C)C. The summed E-state index contributed by atoms with van der Waals surface area (Å²) < 4.78 is 13.1. The van der Waals surface area contributed by atoms with Gasteiger partial charge in [-0.05, 0) is 49.0 Å². The van der Waals surface area contributed by atoms with E-state index < -0.39 is 0 Å². The minimum Gasteiger partial charge on any atom is -0.330 e. The summed E-state index contributed by atoms with van der Waals surface area (Å²) >= 11 is 0. The van der Waals surface area contributed by atoms with Crippen molar-refractivity contribution in [3.05, 3.63) is 35.6 Å². The van der Waals surface area contributed by atoms with Crippen molar-refractivity contribution < 1.29 is 4.39 Å². The van der Waals surface area contributed by atoms with Crippen LogP contribution in [0.3, 0.4) is 0 Å². The molecule has 0 fully saturated rings. The van der Waals surface area contributed by atoms with E-state index in [9.17, 15) is 4.39 Å². The third-order valence-electron chi connectivity index (χ3n) is 3.15. The largest absolute Gasteiger partial charge is 0.330 e. The Hall–Kier alpha value is -0.930. The van der Waals surface area contributed by atoms with E-state index in [4.69, 9.17) is 5.73 Å². The summed E-state index contributed by atoms with van der Waals surface area (Å²) in [6, 6.07) is 6.79. The van der Waals surface area contributed by atoms with Crippen LogP contribution in [-0.2, 0) is 6.54 Å². The van der Waals surface area contributed by atoms with Crippen LogP contribution in [0.4, 0.5) is 4.39 Å². The highest BCUT2D eigenvalue weighted by atomic mass is 19.1. The first kappa shape index (κ1) is 16.1. The lowest BCUT2D eigenvalue weighted by Crippen LogP contribution is -2.32. The molecule has 1 rings (SSSR count). The maximum absolute atomic E-state index is 13.1. The smallest absolute Gasteiger partial charge is 0.123 e. The first-order chi connectivity index (χ1) is 8.80. The summed E-state index contributed by atoms with van der Waals surface area (Å²) in [7, 11) is 2.07. The van der Waals surface area contributed by atoms with Crippen LogP contribution in [0.15, 0.2) is 24.3 Å². The van der Waals surface area contributed by atoms with Crippen LogP contribution in [0.1, 0.15) is 32.8 Å². The van der Waals surface area contributed by atoms with Gasteiger partial charge in [0.1, 0.15) is 5.82 Å². The van der Waals surface area contributed by atoms with Crippen LogP contribution < -0.4 is 5.73 Å². The van der Waals surface area contributed by atoms with E-state index in [0.29, 0.717) is 17.9 Å². The fourth-order valence-electron chi connectivity index (χ4n) is 2.54. The maximum atomic E-state index is 13.1. The number of rotatable bonds is 6. The van der Waals surface area contributed by atoms with Crippen LogP contribution in [0.25, 0.3) is 0 Å². The zero-order valence-electron chi connectivity index (χ0n) is 12.6. The van der Waals surface area contributed by atoms with Crippen molar-refractivity contribution in [3.8, 4) is 0 Å². The van der Waals surface area contributed by atoms with Gasteiger partial charge < -0.3 is 10.6 Å². The molecular weight excluding hydrogens is 239 g/mol. The quantitative estimate of drug-likeness (QED) is 0.856. The Morgan fingerprint density at radius 3 is 2.53 bits per heavy atom. The Morgan fingerprint density at radius 1 is 1.32 bits per heavy atom. The Morgan fingerprint density at radius 2 is 2.00 bits per heavy atom. The zero-order valence-corrected chi connectivity index (χ0v) is 12.6. The predicted molar refractivity (Wildman–Crippen MR) is 79.4 cm³/mol. The van der Waals surface area contributed by atoms with Gasteiger partial charge in [0.2, 0.25) is 0 Å². The van der Waals surface area contributed by atoms with Gasteiger partial charge in [-0.1, -0.05) is 32.9 Å². The van der Waals surface area contributed by atoms with E-state index in [-0.39, 0.29) is 5.82 Å². The minimum atomic E-state index is -0.170. The van der Waals surface area contributed by atoms with E-state index in [2.05, 4.69) is 32.7 Å². The molecule has 108 valence electrons.